The van der Waals surface area contributed by atoms with Crippen molar-refractivity contribution in [2.75, 3.05) is 13.1 Å². The Morgan fingerprint density at radius 3 is 2.46 bits per heavy atom. The third kappa shape index (κ3) is 2.71. The number of amides is 1. The molecule has 0 bridgehead atoms. The molecule has 0 aromatic carbocycles. The topological polar surface area (TPSA) is 20.3 Å². The van der Waals surface area contributed by atoms with Crippen molar-refractivity contribution in [3.05, 3.63) is 0 Å². The number of carbonyl (C=O) groups is 1. The first-order valence-corrected chi connectivity index (χ1v) is 5.58. The van der Waals surface area contributed by atoms with Crippen molar-refractivity contribution in [2.24, 2.45) is 5.92 Å². The highest BCUT2D eigenvalue weighted by Crippen LogP contribution is 2.19. The normalized spacial score (nSPS) is 18.2. The van der Waals surface area contributed by atoms with E-state index in [-0.39, 0.29) is 0 Å². The summed E-state index contributed by atoms with van der Waals surface area (Å²) in [5.41, 5.74) is 0. The zero-order chi connectivity index (χ0) is 9.68. The van der Waals surface area contributed by atoms with Crippen LogP contribution in [0.1, 0.15) is 46.0 Å². The van der Waals surface area contributed by atoms with Gasteiger partial charge < -0.3 is 4.90 Å². The molecule has 76 valence electrons. The fourth-order valence-corrected chi connectivity index (χ4v) is 1.75. The van der Waals surface area contributed by atoms with Gasteiger partial charge in [0.15, 0.2) is 0 Å². The fraction of sp³-hybridized carbons (Fsp3) is 0.909. The van der Waals surface area contributed by atoms with E-state index in [9.17, 15) is 4.79 Å². The minimum Gasteiger partial charge on any atom is -0.342 e. The van der Waals surface area contributed by atoms with E-state index in [2.05, 4.69) is 13.8 Å². The quantitative estimate of drug-likeness (QED) is 0.641. The Kier molecular flexibility index (Phi) is 4.26. The second-order valence-electron chi connectivity index (χ2n) is 3.93. The summed E-state index contributed by atoms with van der Waals surface area (Å²) in [5.74, 6) is 0.711. The van der Waals surface area contributed by atoms with Gasteiger partial charge in [-0.2, -0.15) is 0 Å². The van der Waals surface area contributed by atoms with Gasteiger partial charge in [-0.3, -0.25) is 4.79 Å². The predicted octanol–water partition coefficient (Wildman–Crippen LogP) is 2.44. The first-order chi connectivity index (χ1) is 6.29. The molecule has 1 fully saturated rings. The first-order valence-electron chi connectivity index (χ1n) is 5.58. The minimum absolute atomic E-state index is 0.306. The summed E-state index contributed by atoms with van der Waals surface area (Å²) in [6.45, 7) is 6.31. The molecule has 1 aliphatic rings. The molecule has 13 heavy (non-hydrogen) atoms. The Morgan fingerprint density at radius 1 is 1.38 bits per heavy atom. The summed E-state index contributed by atoms with van der Waals surface area (Å²) in [5, 5.41) is 0. The van der Waals surface area contributed by atoms with Crippen LogP contribution in [0.2, 0.25) is 0 Å². The Morgan fingerprint density at radius 2 is 2.08 bits per heavy atom. The summed E-state index contributed by atoms with van der Waals surface area (Å²) in [7, 11) is 0. The summed E-state index contributed by atoms with van der Waals surface area (Å²) in [6, 6.07) is 0. The van der Waals surface area contributed by atoms with E-state index < -0.39 is 0 Å². The largest absolute Gasteiger partial charge is 0.342 e. The summed E-state index contributed by atoms with van der Waals surface area (Å²) in [6.07, 6.45) is 5.69. The third-order valence-corrected chi connectivity index (χ3v) is 2.92. The Labute approximate surface area is 81.3 Å². The van der Waals surface area contributed by atoms with Crippen molar-refractivity contribution in [3.8, 4) is 0 Å². The second-order valence-corrected chi connectivity index (χ2v) is 3.93. The highest BCUT2D eigenvalue weighted by molar-refractivity contribution is 5.79. The van der Waals surface area contributed by atoms with Crippen LogP contribution >= 0.6 is 0 Å². The lowest BCUT2D eigenvalue weighted by Gasteiger charge is -2.34. The van der Waals surface area contributed by atoms with Crippen molar-refractivity contribution in [2.45, 2.75) is 46.0 Å². The molecular formula is C11H21NO. The van der Waals surface area contributed by atoms with Gasteiger partial charge in [0.1, 0.15) is 0 Å². The lowest BCUT2D eigenvalue weighted by Crippen LogP contribution is -2.45. The van der Waals surface area contributed by atoms with E-state index in [1.54, 1.807) is 0 Å². The van der Waals surface area contributed by atoms with Gasteiger partial charge in [0, 0.05) is 19.0 Å². The number of hydrogen-bond acceptors (Lipinski definition) is 1. The standard InChI is InChI=1S/C11H21NO/c1-3-5-7-10(4-2)11(13)12-8-6-9-12/h10H,3-9H2,1-2H3. The molecule has 1 atom stereocenters. The molecule has 0 aliphatic carbocycles. The van der Waals surface area contributed by atoms with E-state index in [4.69, 9.17) is 0 Å². The maximum absolute atomic E-state index is 11.8. The Hall–Kier alpha value is -0.530. The van der Waals surface area contributed by atoms with Crippen molar-refractivity contribution in [1.82, 2.24) is 4.90 Å². The number of rotatable bonds is 5. The van der Waals surface area contributed by atoms with E-state index in [0.717, 1.165) is 25.9 Å². The van der Waals surface area contributed by atoms with E-state index >= 15 is 0 Å². The van der Waals surface area contributed by atoms with Gasteiger partial charge in [0.2, 0.25) is 5.91 Å². The lowest BCUT2D eigenvalue weighted by molar-refractivity contribution is -0.139. The van der Waals surface area contributed by atoms with Crippen LogP contribution in [0.25, 0.3) is 0 Å². The SMILES string of the molecule is CCCCC(CC)C(=O)N1CCC1. The van der Waals surface area contributed by atoms with Crippen molar-refractivity contribution in [3.63, 3.8) is 0 Å². The maximum Gasteiger partial charge on any atom is 0.225 e. The molecule has 2 nitrogen and oxygen atoms in total. The molecule has 1 rings (SSSR count). The van der Waals surface area contributed by atoms with Gasteiger partial charge in [-0.15, -0.1) is 0 Å². The highest BCUT2D eigenvalue weighted by Gasteiger charge is 2.25. The van der Waals surface area contributed by atoms with Crippen LogP contribution in [0, 0.1) is 5.92 Å². The molecule has 0 N–H and O–H groups in total. The van der Waals surface area contributed by atoms with Crippen LogP contribution in [0.15, 0.2) is 0 Å². The van der Waals surface area contributed by atoms with Crippen molar-refractivity contribution in [1.29, 1.82) is 0 Å². The molecule has 0 spiro atoms. The molecular weight excluding hydrogens is 162 g/mol. The first kappa shape index (κ1) is 10.6. The Bertz CT molecular complexity index is 163. The monoisotopic (exact) mass is 183 g/mol. The van der Waals surface area contributed by atoms with Crippen LogP contribution in [-0.4, -0.2) is 23.9 Å². The minimum atomic E-state index is 0.306. The molecule has 0 saturated carbocycles. The number of likely N-dealkylation sites (tertiary alicyclic amines) is 1. The number of hydrogen-bond donors (Lipinski definition) is 0. The average molecular weight is 183 g/mol. The van der Waals surface area contributed by atoms with Crippen molar-refractivity contribution < 1.29 is 4.79 Å². The summed E-state index contributed by atoms with van der Waals surface area (Å²) < 4.78 is 0. The molecule has 0 radical (unpaired) electrons. The summed E-state index contributed by atoms with van der Waals surface area (Å²) >= 11 is 0. The van der Waals surface area contributed by atoms with Crippen LogP contribution in [0.5, 0.6) is 0 Å². The van der Waals surface area contributed by atoms with E-state index in [1.807, 2.05) is 4.90 Å². The predicted molar refractivity (Wildman–Crippen MR) is 54.5 cm³/mol. The van der Waals surface area contributed by atoms with Crippen LogP contribution < -0.4 is 0 Å². The molecule has 1 amide bonds. The van der Waals surface area contributed by atoms with Crippen LogP contribution in [-0.2, 0) is 4.79 Å². The van der Waals surface area contributed by atoms with Gasteiger partial charge in [0.25, 0.3) is 0 Å². The molecule has 2 heteroatoms. The van der Waals surface area contributed by atoms with E-state index in [1.165, 1.54) is 19.3 Å². The van der Waals surface area contributed by atoms with Gasteiger partial charge in [-0.05, 0) is 19.3 Å². The van der Waals surface area contributed by atoms with Crippen LogP contribution in [0.4, 0.5) is 0 Å². The molecule has 1 aliphatic heterocycles. The van der Waals surface area contributed by atoms with Gasteiger partial charge >= 0.3 is 0 Å². The van der Waals surface area contributed by atoms with Crippen molar-refractivity contribution >= 4 is 5.91 Å². The zero-order valence-electron chi connectivity index (χ0n) is 8.88. The number of unbranched alkanes of at least 4 members (excludes halogenated alkanes) is 1. The fourth-order valence-electron chi connectivity index (χ4n) is 1.75. The maximum atomic E-state index is 11.8. The van der Waals surface area contributed by atoms with Gasteiger partial charge in [-0.1, -0.05) is 26.7 Å². The highest BCUT2D eigenvalue weighted by atomic mass is 16.2. The van der Waals surface area contributed by atoms with Crippen LogP contribution in [0.3, 0.4) is 0 Å². The third-order valence-electron chi connectivity index (χ3n) is 2.92. The Balaban J connectivity index is 2.30. The lowest BCUT2D eigenvalue weighted by atomic mass is 9.96. The number of carbonyl (C=O) groups excluding carboxylic acids is 1. The molecule has 1 unspecified atom stereocenters. The molecule has 1 saturated heterocycles. The molecule has 0 aromatic rings. The van der Waals surface area contributed by atoms with Gasteiger partial charge in [0.05, 0.1) is 0 Å². The van der Waals surface area contributed by atoms with Gasteiger partial charge in [-0.25, -0.2) is 0 Å². The average Bonchev–Trinajstić information content (AvgIpc) is 2.02. The summed E-state index contributed by atoms with van der Waals surface area (Å²) in [4.78, 5) is 13.8. The van der Waals surface area contributed by atoms with E-state index in [0.29, 0.717) is 11.8 Å². The molecule has 0 aromatic heterocycles. The molecule has 1 heterocycles. The smallest absolute Gasteiger partial charge is 0.225 e. The number of nitrogens with zero attached hydrogens (tertiary/aromatic N) is 1. The zero-order valence-corrected chi connectivity index (χ0v) is 8.88. The second kappa shape index (κ2) is 5.25.